The summed E-state index contributed by atoms with van der Waals surface area (Å²) in [6.07, 6.45) is 3.95. The van der Waals surface area contributed by atoms with Gasteiger partial charge in [-0.05, 0) is 23.6 Å². The van der Waals surface area contributed by atoms with Crippen molar-refractivity contribution in [1.29, 1.82) is 0 Å². The second-order valence-electron chi connectivity index (χ2n) is 3.93. The average Bonchev–Trinajstić information content (AvgIpc) is 2.34. The van der Waals surface area contributed by atoms with Gasteiger partial charge in [-0.1, -0.05) is 13.0 Å². The zero-order valence-corrected chi connectivity index (χ0v) is 10.6. The summed E-state index contributed by atoms with van der Waals surface area (Å²) in [6, 6.07) is 0. The Kier molecular flexibility index (Phi) is 6.37. The van der Waals surface area contributed by atoms with E-state index in [0.29, 0.717) is 18.8 Å². The molecule has 0 amide bonds. The fourth-order valence-corrected chi connectivity index (χ4v) is 2.11. The number of hydrogen-bond acceptors (Lipinski definition) is 2. The first-order valence-corrected chi connectivity index (χ1v) is 6.17. The Hall–Kier alpha value is -0.740. The molecule has 0 aromatic carbocycles. The van der Waals surface area contributed by atoms with Crippen LogP contribution in [0.25, 0.3) is 0 Å². The van der Waals surface area contributed by atoms with Crippen molar-refractivity contribution in [2.45, 2.75) is 13.3 Å². The van der Waals surface area contributed by atoms with E-state index in [1.54, 1.807) is 11.6 Å². The highest BCUT2D eigenvalue weighted by Crippen LogP contribution is 2.27. The molecule has 0 bridgehead atoms. The van der Waals surface area contributed by atoms with E-state index in [4.69, 9.17) is 11.6 Å². The van der Waals surface area contributed by atoms with E-state index >= 15 is 0 Å². The monoisotopic (exact) mass is 262 g/mol. The van der Waals surface area contributed by atoms with Crippen molar-refractivity contribution in [1.82, 2.24) is 5.54 Å². The van der Waals surface area contributed by atoms with Crippen LogP contribution in [0, 0.1) is 5.92 Å². The van der Waals surface area contributed by atoms with Crippen LogP contribution < -0.4 is 5.54 Å². The Morgan fingerprint density at radius 2 is 2.29 bits per heavy atom. The summed E-state index contributed by atoms with van der Waals surface area (Å²) in [6.45, 7) is 2.36. The summed E-state index contributed by atoms with van der Waals surface area (Å²) >= 11 is 5.82. The van der Waals surface area contributed by atoms with E-state index in [1.807, 2.05) is 13.0 Å². The molecule has 1 N–H and O–H groups in total. The number of rotatable bonds is 5. The maximum atomic E-state index is 12.5. The van der Waals surface area contributed by atoms with E-state index in [-0.39, 0.29) is 12.5 Å². The van der Waals surface area contributed by atoms with Gasteiger partial charge in [-0.3, -0.25) is 4.99 Å². The molecule has 17 heavy (non-hydrogen) atoms. The molecule has 0 saturated carbocycles. The van der Waals surface area contributed by atoms with Gasteiger partial charge < -0.3 is 0 Å². The van der Waals surface area contributed by atoms with Crippen LogP contribution in [0.2, 0.25) is 0 Å². The molecule has 1 aliphatic heterocycles. The summed E-state index contributed by atoms with van der Waals surface area (Å²) in [5.41, 5.74) is 4.15. The lowest BCUT2D eigenvalue weighted by Crippen LogP contribution is -2.21. The lowest BCUT2D eigenvalue weighted by Gasteiger charge is -2.24. The molecule has 2 nitrogen and oxygen atoms in total. The Labute approximate surface area is 105 Å². The van der Waals surface area contributed by atoms with Gasteiger partial charge in [0, 0.05) is 19.0 Å². The minimum Gasteiger partial charge on any atom is -0.287 e. The first-order chi connectivity index (χ1) is 8.24. The first kappa shape index (κ1) is 14.3. The number of nitrogens with zero attached hydrogens (tertiary/aromatic N) is 1. The molecule has 0 spiro atoms. The molecular weight excluding hydrogens is 246 g/mol. The maximum Gasteiger partial charge on any atom is 0.108 e. The van der Waals surface area contributed by atoms with Crippen LogP contribution in [-0.2, 0) is 0 Å². The Bertz CT molecular complexity index is 337. The molecule has 0 radical (unpaired) electrons. The van der Waals surface area contributed by atoms with E-state index < -0.39 is 6.67 Å². The van der Waals surface area contributed by atoms with Gasteiger partial charge in [0.2, 0.25) is 0 Å². The molecule has 1 heterocycles. The smallest absolute Gasteiger partial charge is 0.108 e. The quantitative estimate of drug-likeness (QED) is 0.460. The van der Waals surface area contributed by atoms with Crippen LogP contribution in [0.15, 0.2) is 28.3 Å². The number of hydrogen-bond donors (Lipinski definition) is 1. The number of aliphatic imine (C=N–C) groups is 1. The molecule has 0 aromatic heterocycles. The van der Waals surface area contributed by atoms with Crippen LogP contribution in [0.1, 0.15) is 13.3 Å². The summed E-state index contributed by atoms with van der Waals surface area (Å²) in [5, 5.41) is 0. The Balaban J connectivity index is 2.96. The van der Waals surface area contributed by atoms with Crippen LogP contribution in [0.4, 0.5) is 8.87 Å². The number of alkyl halides is 2. The zero-order chi connectivity index (χ0) is 12.7. The van der Waals surface area contributed by atoms with Crippen molar-refractivity contribution in [2.24, 2.45) is 10.9 Å². The summed E-state index contributed by atoms with van der Waals surface area (Å²) in [4.78, 5) is 4.36. The van der Waals surface area contributed by atoms with Crippen molar-refractivity contribution < 1.29 is 8.87 Å². The van der Waals surface area contributed by atoms with Crippen molar-refractivity contribution >= 4 is 17.3 Å². The highest BCUT2D eigenvalue weighted by molar-refractivity contribution is 6.32. The fraction of sp³-hybridized carbons (Fsp3) is 0.583. The van der Waals surface area contributed by atoms with E-state index in [0.717, 1.165) is 16.9 Å². The first-order valence-electron chi connectivity index (χ1n) is 5.64. The number of nitrogens with one attached hydrogen (secondary N) is 1. The minimum atomic E-state index is -0.506. The molecule has 0 saturated heterocycles. The molecule has 1 aliphatic rings. The van der Waals surface area contributed by atoms with Crippen LogP contribution in [-0.4, -0.2) is 31.4 Å². The molecule has 5 heteroatoms. The van der Waals surface area contributed by atoms with Gasteiger partial charge in [-0.2, -0.15) is 5.54 Å². The normalized spacial score (nSPS) is 25.4. The summed E-state index contributed by atoms with van der Waals surface area (Å²) in [5.74, 6) is 0.480. The lowest BCUT2D eigenvalue weighted by atomic mass is 9.87. The van der Waals surface area contributed by atoms with Crippen LogP contribution >= 0.6 is 11.6 Å². The standard InChI is InChI=1S/C12H17ClF2N2/c1-9-8-16-12(7-13)11(3-2-6-17-15)10(9)4-5-14/h3-4,9,17H,2,5-8H2,1H3/b10-4-,11-3+/t9-/m1/s1. The van der Waals surface area contributed by atoms with Crippen molar-refractivity contribution in [2.75, 3.05) is 25.6 Å². The molecule has 0 aliphatic carbocycles. The molecule has 1 atom stereocenters. The lowest BCUT2D eigenvalue weighted by molar-refractivity contribution is 0.339. The summed E-state index contributed by atoms with van der Waals surface area (Å²) in [7, 11) is 0. The van der Waals surface area contributed by atoms with E-state index in [9.17, 15) is 8.87 Å². The van der Waals surface area contributed by atoms with Gasteiger partial charge in [0.1, 0.15) is 6.67 Å². The van der Waals surface area contributed by atoms with Gasteiger partial charge in [0.15, 0.2) is 0 Å². The van der Waals surface area contributed by atoms with Gasteiger partial charge in [-0.15, -0.1) is 16.1 Å². The topological polar surface area (TPSA) is 24.4 Å². The maximum absolute atomic E-state index is 12.5. The SMILES string of the molecule is C[C@@H]1CN=C(CCl)C(=C/CCNF)/C1=C\CF. The third kappa shape index (κ3) is 3.89. The van der Waals surface area contributed by atoms with Crippen molar-refractivity contribution in [3.05, 3.63) is 23.3 Å². The average molecular weight is 263 g/mol. The Morgan fingerprint density at radius 3 is 2.88 bits per heavy atom. The molecule has 0 unspecified atom stereocenters. The van der Waals surface area contributed by atoms with Crippen LogP contribution in [0.3, 0.4) is 0 Å². The molecule has 0 aromatic rings. The molecule has 1 rings (SSSR count). The molecule has 96 valence electrons. The second-order valence-corrected chi connectivity index (χ2v) is 4.19. The molecular formula is C12H17ClF2N2. The Morgan fingerprint density at radius 1 is 1.53 bits per heavy atom. The molecule has 0 fully saturated rings. The predicted molar refractivity (Wildman–Crippen MR) is 68.1 cm³/mol. The fourth-order valence-electron chi connectivity index (χ4n) is 1.88. The summed E-state index contributed by atoms with van der Waals surface area (Å²) < 4.78 is 24.3. The highest BCUT2D eigenvalue weighted by atomic mass is 35.5. The van der Waals surface area contributed by atoms with Crippen molar-refractivity contribution in [3.8, 4) is 0 Å². The largest absolute Gasteiger partial charge is 0.287 e. The third-order valence-electron chi connectivity index (χ3n) is 2.72. The number of halogens is 3. The third-order valence-corrected chi connectivity index (χ3v) is 2.97. The van der Waals surface area contributed by atoms with E-state index in [2.05, 4.69) is 4.99 Å². The van der Waals surface area contributed by atoms with E-state index in [1.165, 1.54) is 0 Å². The second kappa shape index (κ2) is 7.56. The van der Waals surface area contributed by atoms with Gasteiger partial charge >= 0.3 is 0 Å². The highest BCUT2D eigenvalue weighted by Gasteiger charge is 2.21. The predicted octanol–water partition coefficient (Wildman–Crippen LogP) is 3.00. The van der Waals surface area contributed by atoms with Gasteiger partial charge in [0.25, 0.3) is 0 Å². The van der Waals surface area contributed by atoms with Crippen molar-refractivity contribution in [3.63, 3.8) is 0 Å². The zero-order valence-electron chi connectivity index (χ0n) is 9.85. The van der Waals surface area contributed by atoms with Crippen LogP contribution in [0.5, 0.6) is 0 Å². The van der Waals surface area contributed by atoms with Gasteiger partial charge in [-0.25, -0.2) is 4.39 Å². The van der Waals surface area contributed by atoms with Gasteiger partial charge in [0.05, 0.1) is 11.6 Å². The minimum absolute atomic E-state index is 0.183. The number of allylic oxidation sites excluding steroid dienone is 2.